The topological polar surface area (TPSA) is 86.6 Å². The lowest BCUT2D eigenvalue weighted by Gasteiger charge is -2.21. The number of carboxylic acid groups (broad SMARTS) is 1. The third kappa shape index (κ3) is 2.84. The Morgan fingerprint density at radius 3 is 2.68 bits per heavy atom. The molecule has 0 radical (unpaired) electrons. The molecule has 0 aliphatic carbocycles. The van der Waals surface area contributed by atoms with Crippen molar-refractivity contribution in [3.63, 3.8) is 0 Å². The molecule has 0 saturated carbocycles. The van der Waals surface area contributed by atoms with Gasteiger partial charge in [-0.2, -0.15) is 0 Å². The number of thioether (sulfide) groups is 1. The number of anilines is 1. The molecule has 3 N–H and O–H groups in total. The van der Waals surface area contributed by atoms with Gasteiger partial charge in [0, 0.05) is 0 Å². The van der Waals surface area contributed by atoms with Gasteiger partial charge in [-0.25, -0.2) is 4.79 Å². The number of amides is 1. The molecule has 1 fully saturated rings. The van der Waals surface area contributed by atoms with Gasteiger partial charge in [0.2, 0.25) is 5.91 Å². The molecule has 1 aromatic rings. The molecule has 1 saturated heterocycles. The van der Waals surface area contributed by atoms with Crippen molar-refractivity contribution in [1.29, 1.82) is 0 Å². The first-order chi connectivity index (χ1) is 8.92. The monoisotopic (exact) mass is 281 g/mol. The lowest BCUT2D eigenvalue weighted by molar-refractivity contribution is -0.118. The van der Waals surface area contributed by atoms with Crippen molar-refractivity contribution in [2.45, 2.75) is 24.5 Å². The maximum absolute atomic E-state index is 12.1. The summed E-state index contributed by atoms with van der Waals surface area (Å²) in [6.45, 7) is 1.88. The van der Waals surface area contributed by atoms with Gasteiger partial charge in [-0.3, -0.25) is 4.79 Å². The van der Waals surface area contributed by atoms with E-state index in [1.165, 1.54) is 12.1 Å². The van der Waals surface area contributed by atoms with Gasteiger partial charge < -0.3 is 15.5 Å². The zero-order valence-corrected chi connectivity index (χ0v) is 11.3. The average molecular weight is 281 g/mol. The molecular formula is C13H15NO4S. The fourth-order valence-electron chi connectivity index (χ4n) is 1.98. The van der Waals surface area contributed by atoms with E-state index >= 15 is 0 Å². The molecule has 1 aliphatic rings. The highest BCUT2D eigenvalue weighted by Gasteiger charge is 2.37. The van der Waals surface area contributed by atoms with Crippen molar-refractivity contribution >= 4 is 29.3 Å². The van der Waals surface area contributed by atoms with Crippen LogP contribution in [0.1, 0.15) is 30.1 Å². The lowest BCUT2D eigenvalue weighted by atomic mass is 10.0. The van der Waals surface area contributed by atoms with Crippen molar-refractivity contribution in [3.8, 4) is 5.75 Å². The third-order valence-electron chi connectivity index (χ3n) is 3.19. The second-order valence-corrected chi connectivity index (χ2v) is 6.27. The van der Waals surface area contributed by atoms with Crippen LogP contribution >= 0.6 is 11.8 Å². The zero-order chi connectivity index (χ0) is 14.0. The standard InChI is InChI=1S/C13H15NO4S/c1-13(5-2-6-19-13)12(18)14-9-4-3-8(11(16)17)7-10(9)15/h3-4,7,15H,2,5-6H2,1H3,(H,14,18)(H,16,17). The number of hydrogen-bond acceptors (Lipinski definition) is 4. The minimum Gasteiger partial charge on any atom is -0.506 e. The summed E-state index contributed by atoms with van der Waals surface area (Å²) in [5.41, 5.74) is 0.223. The molecule has 1 atom stereocenters. The number of phenols is 1. The van der Waals surface area contributed by atoms with Crippen LogP contribution in [0.3, 0.4) is 0 Å². The summed E-state index contributed by atoms with van der Waals surface area (Å²) in [4.78, 5) is 22.9. The molecule has 1 heterocycles. The summed E-state index contributed by atoms with van der Waals surface area (Å²) in [7, 11) is 0. The Bertz CT molecular complexity index is 523. The summed E-state index contributed by atoms with van der Waals surface area (Å²) in [6.07, 6.45) is 1.80. The van der Waals surface area contributed by atoms with Crippen LogP contribution < -0.4 is 5.32 Å². The number of aromatic carboxylic acids is 1. The Morgan fingerprint density at radius 2 is 2.16 bits per heavy atom. The van der Waals surface area contributed by atoms with Gasteiger partial charge in [-0.05, 0) is 43.7 Å². The van der Waals surface area contributed by atoms with Crippen molar-refractivity contribution in [1.82, 2.24) is 0 Å². The van der Waals surface area contributed by atoms with E-state index < -0.39 is 10.7 Å². The van der Waals surface area contributed by atoms with Crippen LogP contribution in [0.25, 0.3) is 0 Å². The third-order valence-corrected chi connectivity index (χ3v) is 4.71. The number of aromatic hydroxyl groups is 1. The average Bonchev–Trinajstić information content (AvgIpc) is 2.80. The Morgan fingerprint density at radius 1 is 1.42 bits per heavy atom. The highest BCUT2D eigenvalue weighted by Crippen LogP contribution is 2.39. The Balaban J connectivity index is 2.15. The van der Waals surface area contributed by atoms with Crippen molar-refractivity contribution in [3.05, 3.63) is 23.8 Å². The van der Waals surface area contributed by atoms with Crippen molar-refractivity contribution < 1.29 is 19.8 Å². The molecule has 1 amide bonds. The number of rotatable bonds is 3. The van der Waals surface area contributed by atoms with Gasteiger partial charge in [0.15, 0.2) is 0 Å². The molecule has 0 aromatic heterocycles. The number of carbonyl (C=O) groups is 2. The number of carboxylic acids is 1. The molecular weight excluding hydrogens is 266 g/mol. The first-order valence-electron chi connectivity index (χ1n) is 5.94. The molecule has 0 bridgehead atoms. The SMILES string of the molecule is CC1(C(=O)Nc2ccc(C(=O)O)cc2O)CCCS1. The molecule has 1 aromatic carbocycles. The quantitative estimate of drug-likeness (QED) is 0.740. The molecule has 19 heavy (non-hydrogen) atoms. The maximum atomic E-state index is 12.1. The van der Waals surface area contributed by atoms with E-state index in [0.717, 1.165) is 24.7 Å². The van der Waals surface area contributed by atoms with Crippen molar-refractivity contribution in [2.24, 2.45) is 0 Å². The predicted octanol–water partition coefficient (Wildman–Crippen LogP) is 2.31. The summed E-state index contributed by atoms with van der Waals surface area (Å²) in [5, 5.41) is 21.2. The molecule has 1 aliphatic heterocycles. The normalized spacial score (nSPS) is 22.2. The van der Waals surface area contributed by atoms with E-state index in [-0.39, 0.29) is 22.9 Å². The van der Waals surface area contributed by atoms with E-state index in [1.54, 1.807) is 11.8 Å². The highest BCUT2D eigenvalue weighted by molar-refractivity contribution is 8.01. The summed E-state index contributed by atoms with van der Waals surface area (Å²) < 4.78 is -0.474. The number of nitrogens with one attached hydrogen (secondary N) is 1. The van der Waals surface area contributed by atoms with E-state index in [9.17, 15) is 14.7 Å². The molecule has 2 rings (SSSR count). The van der Waals surface area contributed by atoms with E-state index in [2.05, 4.69) is 5.32 Å². The van der Waals surface area contributed by atoms with Crippen LogP contribution in [0.2, 0.25) is 0 Å². The van der Waals surface area contributed by atoms with Crippen molar-refractivity contribution in [2.75, 3.05) is 11.1 Å². The van der Waals surface area contributed by atoms with Gasteiger partial charge in [0.25, 0.3) is 0 Å². The van der Waals surface area contributed by atoms with E-state index in [1.807, 2.05) is 6.92 Å². The highest BCUT2D eigenvalue weighted by atomic mass is 32.2. The molecule has 5 nitrogen and oxygen atoms in total. The zero-order valence-electron chi connectivity index (χ0n) is 10.5. The van der Waals surface area contributed by atoms with Crippen LogP contribution in [0.15, 0.2) is 18.2 Å². The molecule has 102 valence electrons. The summed E-state index contributed by atoms with van der Waals surface area (Å²) in [6, 6.07) is 3.88. The summed E-state index contributed by atoms with van der Waals surface area (Å²) in [5.74, 6) is -0.562. The second-order valence-electron chi connectivity index (χ2n) is 4.67. The van der Waals surface area contributed by atoms with Gasteiger partial charge in [0.05, 0.1) is 16.0 Å². The largest absolute Gasteiger partial charge is 0.506 e. The first-order valence-corrected chi connectivity index (χ1v) is 6.93. The van der Waals surface area contributed by atoms with Crippen LogP contribution in [0, 0.1) is 0 Å². The van der Waals surface area contributed by atoms with Gasteiger partial charge in [-0.15, -0.1) is 11.8 Å². The Labute approximate surface area is 115 Å². The Kier molecular flexibility index (Phi) is 3.71. The fraction of sp³-hybridized carbons (Fsp3) is 0.385. The number of carbonyl (C=O) groups excluding carboxylic acids is 1. The van der Waals surface area contributed by atoms with E-state index in [4.69, 9.17) is 5.11 Å². The van der Waals surface area contributed by atoms with Crippen LogP contribution in [0.4, 0.5) is 5.69 Å². The smallest absolute Gasteiger partial charge is 0.335 e. The lowest BCUT2D eigenvalue weighted by Crippen LogP contribution is -2.34. The van der Waals surface area contributed by atoms with Gasteiger partial charge in [-0.1, -0.05) is 0 Å². The fourth-order valence-corrected chi connectivity index (χ4v) is 3.19. The number of hydrogen-bond donors (Lipinski definition) is 3. The predicted molar refractivity (Wildman–Crippen MR) is 73.8 cm³/mol. The molecule has 1 unspecified atom stereocenters. The number of benzene rings is 1. The molecule has 0 spiro atoms. The summed E-state index contributed by atoms with van der Waals surface area (Å²) >= 11 is 1.60. The molecule has 6 heteroatoms. The Hall–Kier alpha value is -1.69. The van der Waals surface area contributed by atoms with E-state index in [0.29, 0.717) is 0 Å². The van der Waals surface area contributed by atoms with Gasteiger partial charge >= 0.3 is 5.97 Å². The minimum absolute atomic E-state index is 0.0167. The first kappa shape index (κ1) is 13.7. The maximum Gasteiger partial charge on any atom is 0.335 e. The minimum atomic E-state index is -1.12. The van der Waals surface area contributed by atoms with Gasteiger partial charge in [0.1, 0.15) is 5.75 Å². The second kappa shape index (κ2) is 5.13. The van der Waals surface area contributed by atoms with Crippen LogP contribution in [0.5, 0.6) is 5.75 Å². The van der Waals surface area contributed by atoms with Crippen LogP contribution in [-0.2, 0) is 4.79 Å². The number of phenolic OH excluding ortho intramolecular Hbond substituents is 1. The van der Waals surface area contributed by atoms with Crippen LogP contribution in [-0.4, -0.2) is 32.6 Å².